The van der Waals surface area contributed by atoms with Gasteiger partial charge in [-0.05, 0) is 22.8 Å². The lowest BCUT2D eigenvalue weighted by Crippen LogP contribution is -2.44. The summed E-state index contributed by atoms with van der Waals surface area (Å²) < 4.78 is 0. The number of aromatic nitrogens is 1. The minimum absolute atomic E-state index is 0.0910. The molecule has 1 saturated heterocycles. The number of nitrogens with zero attached hydrogens (tertiary/aromatic N) is 2. The van der Waals surface area contributed by atoms with Gasteiger partial charge in [0, 0.05) is 49.5 Å². The number of hydrogen-bond donors (Lipinski definition) is 3. The molecular weight excluding hydrogens is 436 g/mol. The zero-order valence-electron chi connectivity index (χ0n) is 18.4. The lowest BCUT2D eigenvalue weighted by atomic mass is 9.95. The fraction of sp³-hybridized carbons (Fsp3) is 0.280. The zero-order chi connectivity index (χ0) is 23.8. The summed E-state index contributed by atoms with van der Waals surface area (Å²) in [6.45, 7) is 0.270. The summed E-state index contributed by atoms with van der Waals surface area (Å²) in [6.07, 6.45) is 2.14. The number of carboxylic acids is 1. The molecule has 0 spiro atoms. The van der Waals surface area contributed by atoms with Crippen molar-refractivity contribution in [2.45, 2.75) is 37.9 Å². The van der Waals surface area contributed by atoms with Crippen LogP contribution in [0.1, 0.15) is 23.1 Å². The third kappa shape index (κ3) is 3.89. The number of carbonyl (C=O) groups excluding carboxylic acids is 3. The van der Waals surface area contributed by atoms with E-state index in [1.165, 1.54) is 0 Å². The smallest absolute Gasteiger partial charge is 0.327 e. The number of urea groups is 1. The van der Waals surface area contributed by atoms with Crippen LogP contribution in [0.25, 0.3) is 10.9 Å². The number of imide groups is 1. The second-order valence-corrected chi connectivity index (χ2v) is 8.66. The summed E-state index contributed by atoms with van der Waals surface area (Å²) in [4.78, 5) is 55.8. The molecule has 2 aromatic carbocycles. The van der Waals surface area contributed by atoms with Crippen molar-refractivity contribution in [3.63, 3.8) is 0 Å². The van der Waals surface area contributed by atoms with Crippen LogP contribution in [0.15, 0.2) is 54.7 Å². The molecule has 3 aromatic rings. The van der Waals surface area contributed by atoms with Crippen LogP contribution in [-0.2, 0) is 33.8 Å². The topological polar surface area (TPSA) is 123 Å². The molecule has 174 valence electrons. The normalized spacial score (nSPS) is 18.1. The summed E-state index contributed by atoms with van der Waals surface area (Å²) in [5.74, 6) is -2.00. The fourth-order valence-corrected chi connectivity index (χ4v) is 4.78. The highest BCUT2D eigenvalue weighted by atomic mass is 16.4. The lowest BCUT2D eigenvalue weighted by Gasteiger charge is -2.28. The number of hydrogen-bond acceptors (Lipinski definition) is 4. The van der Waals surface area contributed by atoms with Gasteiger partial charge in [-0.3, -0.25) is 14.5 Å². The second kappa shape index (κ2) is 8.66. The molecule has 1 fully saturated rings. The molecule has 9 heteroatoms. The SMILES string of the molecule is O=C(CCN1C(=O)C2Cc3ccccc3CN2C1=O)NC(Cc1c[nH]c2ccccc12)C(=O)O. The highest BCUT2D eigenvalue weighted by Gasteiger charge is 2.46. The third-order valence-electron chi connectivity index (χ3n) is 6.57. The molecule has 0 aliphatic carbocycles. The Bertz CT molecular complexity index is 1260. The van der Waals surface area contributed by atoms with E-state index in [2.05, 4.69) is 10.3 Å². The number of carboxylic acid groups (broad SMARTS) is 1. The second-order valence-electron chi connectivity index (χ2n) is 8.66. The molecule has 34 heavy (non-hydrogen) atoms. The van der Waals surface area contributed by atoms with E-state index in [1.807, 2.05) is 48.5 Å². The van der Waals surface area contributed by atoms with E-state index < -0.39 is 30.0 Å². The van der Waals surface area contributed by atoms with Crippen molar-refractivity contribution in [2.24, 2.45) is 0 Å². The summed E-state index contributed by atoms with van der Waals surface area (Å²) in [6, 6.07) is 13.1. The first kappa shape index (κ1) is 21.7. The van der Waals surface area contributed by atoms with Gasteiger partial charge >= 0.3 is 12.0 Å². The van der Waals surface area contributed by atoms with Crippen molar-refractivity contribution in [3.05, 3.63) is 71.4 Å². The number of benzene rings is 2. The average molecular weight is 460 g/mol. The van der Waals surface area contributed by atoms with Gasteiger partial charge < -0.3 is 20.3 Å². The molecule has 0 radical (unpaired) electrons. The maximum atomic E-state index is 12.9. The van der Waals surface area contributed by atoms with Gasteiger partial charge in [0.15, 0.2) is 0 Å². The van der Waals surface area contributed by atoms with Crippen LogP contribution < -0.4 is 5.32 Å². The quantitative estimate of drug-likeness (QED) is 0.466. The van der Waals surface area contributed by atoms with Gasteiger partial charge in [0.1, 0.15) is 12.1 Å². The summed E-state index contributed by atoms with van der Waals surface area (Å²) in [5.41, 5.74) is 3.73. The molecule has 2 unspecified atom stereocenters. The van der Waals surface area contributed by atoms with E-state index in [-0.39, 0.29) is 25.3 Å². The van der Waals surface area contributed by atoms with Gasteiger partial charge in [-0.15, -0.1) is 0 Å². The van der Waals surface area contributed by atoms with Crippen molar-refractivity contribution in [3.8, 4) is 0 Å². The number of rotatable bonds is 7. The van der Waals surface area contributed by atoms with Crippen LogP contribution in [0.3, 0.4) is 0 Å². The van der Waals surface area contributed by atoms with Gasteiger partial charge in [0.25, 0.3) is 5.91 Å². The number of fused-ring (bicyclic) bond motifs is 3. The molecule has 3 heterocycles. The Morgan fingerprint density at radius 3 is 2.62 bits per heavy atom. The molecule has 0 saturated carbocycles. The standard InChI is InChI=1S/C25H24N4O5/c30-22(27-20(24(32)33)11-17-13-26-19-8-4-3-7-18(17)19)9-10-28-23(31)21-12-15-5-1-2-6-16(15)14-29(21)25(28)34/h1-8,13,20-21,26H,9-12,14H2,(H,27,30)(H,32,33). The summed E-state index contributed by atoms with van der Waals surface area (Å²) in [5, 5.41) is 13.1. The van der Waals surface area contributed by atoms with Gasteiger partial charge in [0.2, 0.25) is 5.91 Å². The third-order valence-corrected chi connectivity index (χ3v) is 6.57. The van der Waals surface area contributed by atoms with Gasteiger partial charge in [-0.25, -0.2) is 9.59 Å². The Balaban J connectivity index is 1.21. The number of aliphatic carboxylic acids is 1. The van der Waals surface area contributed by atoms with Crippen LogP contribution >= 0.6 is 0 Å². The van der Waals surface area contributed by atoms with E-state index in [9.17, 15) is 24.3 Å². The Kier molecular flexibility index (Phi) is 5.53. The number of aromatic amines is 1. The zero-order valence-corrected chi connectivity index (χ0v) is 18.4. The number of H-pyrrole nitrogens is 1. The van der Waals surface area contributed by atoms with E-state index >= 15 is 0 Å². The maximum Gasteiger partial charge on any atom is 0.327 e. The Hall–Kier alpha value is -4.14. The Labute approximate surface area is 195 Å². The number of para-hydroxylation sites is 1. The molecule has 0 bridgehead atoms. The van der Waals surface area contributed by atoms with E-state index in [0.717, 1.165) is 32.5 Å². The fourth-order valence-electron chi connectivity index (χ4n) is 4.78. The van der Waals surface area contributed by atoms with Crippen LogP contribution in [0.4, 0.5) is 4.79 Å². The first-order valence-corrected chi connectivity index (χ1v) is 11.2. The van der Waals surface area contributed by atoms with Crippen molar-refractivity contribution >= 4 is 34.7 Å². The highest BCUT2D eigenvalue weighted by molar-refractivity contribution is 6.05. The first-order chi connectivity index (χ1) is 16.4. The summed E-state index contributed by atoms with van der Waals surface area (Å²) in [7, 11) is 0. The van der Waals surface area contributed by atoms with Crippen molar-refractivity contribution in [1.82, 2.24) is 20.1 Å². The number of amides is 4. The molecule has 5 rings (SSSR count). The van der Waals surface area contributed by atoms with Crippen LogP contribution in [0.5, 0.6) is 0 Å². The number of nitrogens with one attached hydrogen (secondary N) is 2. The molecule has 9 nitrogen and oxygen atoms in total. The van der Waals surface area contributed by atoms with Crippen molar-refractivity contribution in [1.29, 1.82) is 0 Å². The van der Waals surface area contributed by atoms with E-state index in [0.29, 0.717) is 13.0 Å². The highest BCUT2D eigenvalue weighted by Crippen LogP contribution is 2.30. The molecule has 2 aliphatic heterocycles. The molecule has 2 aliphatic rings. The van der Waals surface area contributed by atoms with E-state index in [4.69, 9.17) is 0 Å². The number of carbonyl (C=O) groups is 4. The van der Waals surface area contributed by atoms with Crippen LogP contribution in [0, 0.1) is 0 Å². The molecular formula is C25H24N4O5. The lowest BCUT2D eigenvalue weighted by molar-refractivity contribution is -0.142. The summed E-state index contributed by atoms with van der Waals surface area (Å²) >= 11 is 0. The first-order valence-electron chi connectivity index (χ1n) is 11.2. The average Bonchev–Trinajstić information content (AvgIpc) is 3.34. The Morgan fingerprint density at radius 1 is 1.09 bits per heavy atom. The maximum absolute atomic E-state index is 12.9. The monoisotopic (exact) mass is 460 g/mol. The predicted octanol–water partition coefficient (Wildman–Crippen LogP) is 2.06. The van der Waals surface area contributed by atoms with Crippen LogP contribution in [-0.4, -0.2) is 62.3 Å². The van der Waals surface area contributed by atoms with Crippen molar-refractivity contribution in [2.75, 3.05) is 6.54 Å². The minimum atomic E-state index is -1.15. The van der Waals surface area contributed by atoms with Gasteiger partial charge in [-0.1, -0.05) is 42.5 Å². The molecule has 3 N–H and O–H groups in total. The molecule has 1 aromatic heterocycles. The minimum Gasteiger partial charge on any atom is -0.480 e. The van der Waals surface area contributed by atoms with E-state index in [1.54, 1.807) is 11.1 Å². The van der Waals surface area contributed by atoms with Crippen molar-refractivity contribution < 1.29 is 24.3 Å². The molecule has 2 atom stereocenters. The molecule has 4 amide bonds. The predicted molar refractivity (Wildman–Crippen MR) is 123 cm³/mol. The van der Waals surface area contributed by atoms with Crippen LogP contribution in [0.2, 0.25) is 0 Å². The largest absolute Gasteiger partial charge is 0.480 e. The van der Waals surface area contributed by atoms with Gasteiger partial charge in [0.05, 0.1) is 0 Å². The Morgan fingerprint density at radius 2 is 1.82 bits per heavy atom. The van der Waals surface area contributed by atoms with Gasteiger partial charge in [-0.2, -0.15) is 0 Å².